The summed E-state index contributed by atoms with van der Waals surface area (Å²) in [5, 5.41) is 8.00. The fourth-order valence-corrected chi connectivity index (χ4v) is 3.45. The first-order valence-corrected chi connectivity index (χ1v) is 9.79. The smallest absolute Gasteiger partial charge is 0.319 e. The number of carbonyl (C=O) groups is 1. The molecule has 0 aliphatic rings. The fraction of sp³-hybridized carbons (Fsp3) is 0.120. The van der Waals surface area contributed by atoms with Crippen molar-refractivity contribution < 1.29 is 4.79 Å². The number of pyridine rings is 1. The Hall–Kier alpha value is -3.66. The zero-order chi connectivity index (χ0) is 20.1. The summed E-state index contributed by atoms with van der Waals surface area (Å²) in [5.74, 6) is 0. The van der Waals surface area contributed by atoms with Gasteiger partial charge in [-0.3, -0.25) is 4.98 Å². The highest BCUT2D eigenvalue weighted by molar-refractivity contribution is 5.98. The van der Waals surface area contributed by atoms with Crippen molar-refractivity contribution in [2.45, 2.75) is 19.9 Å². The number of fused-ring (bicyclic) bond motifs is 1. The van der Waals surface area contributed by atoms with E-state index >= 15 is 0 Å². The molecule has 1 aromatic heterocycles. The van der Waals surface area contributed by atoms with Crippen LogP contribution in [0.3, 0.4) is 0 Å². The Morgan fingerprint density at radius 1 is 0.897 bits per heavy atom. The molecule has 0 atom stereocenters. The average Bonchev–Trinajstić information content (AvgIpc) is 2.78. The lowest BCUT2D eigenvalue weighted by molar-refractivity contribution is 0.252. The van der Waals surface area contributed by atoms with E-state index in [9.17, 15) is 4.79 Å². The van der Waals surface area contributed by atoms with Crippen molar-refractivity contribution in [1.82, 2.24) is 10.3 Å². The van der Waals surface area contributed by atoms with Crippen LogP contribution in [0.5, 0.6) is 0 Å². The van der Waals surface area contributed by atoms with Gasteiger partial charge >= 0.3 is 6.03 Å². The molecule has 4 aromatic rings. The largest absolute Gasteiger partial charge is 0.334 e. The molecule has 0 spiro atoms. The molecular weight excluding hydrogens is 358 g/mol. The van der Waals surface area contributed by atoms with Crippen molar-refractivity contribution in [3.8, 4) is 11.1 Å². The third kappa shape index (κ3) is 4.27. The number of benzene rings is 3. The summed E-state index contributed by atoms with van der Waals surface area (Å²) >= 11 is 0. The normalized spacial score (nSPS) is 10.7. The molecular formula is C25H23N3O. The van der Waals surface area contributed by atoms with Gasteiger partial charge in [-0.05, 0) is 52.3 Å². The lowest BCUT2D eigenvalue weighted by atomic mass is 9.96. The predicted molar refractivity (Wildman–Crippen MR) is 119 cm³/mol. The SMILES string of the molecule is CCc1ccc(NC(=O)NCc2ccc(-c3ccccc3)c3ccncc23)cc1. The quantitative estimate of drug-likeness (QED) is 0.460. The molecule has 0 aliphatic carbocycles. The summed E-state index contributed by atoms with van der Waals surface area (Å²) in [6, 6.07) is 24.2. The number of nitrogens with zero attached hydrogens (tertiary/aromatic N) is 1. The van der Waals surface area contributed by atoms with Crippen molar-refractivity contribution in [3.63, 3.8) is 0 Å². The van der Waals surface area contributed by atoms with E-state index in [-0.39, 0.29) is 6.03 Å². The number of urea groups is 1. The Kier molecular flexibility index (Phi) is 5.52. The average molecular weight is 381 g/mol. The van der Waals surface area contributed by atoms with Crippen LogP contribution in [0.15, 0.2) is 85.2 Å². The Balaban J connectivity index is 1.52. The van der Waals surface area contributed by atoms with E-state index in [4.69, 9.17) is 0 Å². The number of nitrogens with one attached hydrogen (secondary N) is 2. The number of hydrogen-bond acceptors (Lipinski definition) is 2. The van der Waals surface area contributed by atoms with E-state index < -0.39 is 0 Å². The number of aromatic nitrogens is 1. The van der Waals surface area contributed by atoms with Crippen LogP contribution in [-0.2, 0) is 13.0 Å². The lowest BCUT2D eigenvalue weighted by Gasteiger charge is -2.13. The second-order valence-corrected chi connectivity index (χ2v) is 6.92. The maximum absolute atomic E-state index is 12.3. The number of hydrogen-bond donors (Lipinski definition) is 2. The lowest BCUT2D eigenvalue weighted by Crippen LogP contribution is -2.28. The van der Waals surface area contributed by atoms with Gasteiger partial charge in [0.05, 0.1) is 0 Å². The number of anilines is 1. The first-order chi connectivity index (χ1) is 14.2. The molecule has 0 aliphatic heterocycles. The van der Waals surface area contributed by atoms with Crippen LogP contribution < -0.4 is 10.6 Å². The highest BCUT2D eigenvalue weighted by atomic mass is 16.2. The van der Waals surface area contributed by atoms with E-state index in [1.807, 2.05) is 54.7 Å². The maximum Gasteiger partial charge on any atom is 0.319 e. The van der Waals surface area contributed by atoms with Crippen molar-refractivity contribution in [1.29, 1.82) is 0 Å². The second-order valence-electron chi connectivity index (χ2n) is 6.92. The van der Waals surface area contributed by atoms with Crippen molar-refractivity contribution >= 4 is 22.5 Å². The van der Waals surface area contributed by atoms with Crippen molar-refractivity contribution in [2.24, 2.45) is 0 Å². The maximum atomic E-state index is 12.3. The number of rotatable bonds is 5. The summed E-state index contributed by atoms with van der Waals surface area (Å²) in [6.07, 6.45) is 4.64. The summed E-state index contributed by atoms with van der Waals surface area (Å²) in [6.45, 7) is 2.54. The monoisotopic (exact) mass is 381 g/mol. The van der Waals surface area contributed by atoms with Crippen LogP contribution in [0.2, 0.25) is 0 Å². The molecule has 0 bridgehead atoms. The standard InChI is InChI=1S/C25H23N3O/c1-2-18-8-11-21(12-9-18)28-25(29)27-16-20-10-13-22(19-6-4-3-5-7-19)23-14-15-26-17-24(20)23/h3-15,17H,2,16H2,1H3,(H2,27,28,29). The van der Waals surface area contributed by atoms with Gasteiger partial charge in [-0.1, -0.05) is 61.5 Å². The zero-order valence-corrected chi connectivity index (χ0v) is 16.4. The van der Waals surface area contributed by atoms with Gasteiger partial charge in [-0.15, -0.1) is 0 Å². The van der Waals surface area contributed by atoms with E-state index in [2.05, 4.69) is 46.8 Å². The topological polar surface area (TPSA) is 54.0 Å². The van der Waals surface area contributed by atoms with Gasteiger partial charge < -0.3 is 10.6 Å². The van der Waals surface area contributed by atoms with E-state index in [1.54, 1.807) is 6.20 Å². The predicted octanol–water partition coefficient (Wildman–Crippen LogP) is 5.79. The summed E-state index contributed by atoms with van der Waals surface area (Å²) < 4.78 is 0. The van der Waals surface area contributed by atoms with Crippen LogP contribution in [-0.4, -0.2) is 11.0 Å². The van der Waals surface area contributed by atoms with Gasteiger partial charge in [-0.2, -0.15) is 0 Å². The number of carbonyl (C=O) groups excluding carboxylic acids is 1. The Morgan fingerprint density at radius 2 is 1.69 bits per heavy atom. The molecule has 2 amide bonds. The first kappa shape index (κ1) is 18.7. The summed E-state index contributed by atoms with van der Waals surface area (Å²) in [5.41, 5.74) is 5.38. The number of aryl methyl sites for hydroxylation is 1. The van der Waals surface area contributed by atoms with Crippen LogP contribution in [0.1, 0.15) is 18.1 Å². The third-order valence-corrected chi connectivity index (χ3v) is 5.05. The minimum Gasteiger partial charge on any atom is -0.334 e. The molecule has 29 heavy (non-hydrogen) atoms. The minimum atomic E-state index is -0.224. The molecule has 0 unspecified atom stereocenters. The van der Waals surface area contributed by atoms with Gasteiger partial charge in [0.1, 0.15) is 0 Å². The van der Waals surface area contributed by atoms with E-state index in [0.29, 0.717) is 6.54 Å². The molecule has 2 N–H and O–H groups in total. The minimum absolute atomic E-state index is 0.224. The molecule has 3 aromatic carbocycles. The fourth-order valence-electron chi connectivity index (χ4n) is 3.45. The van der Waals surface area contributed by atoms with Gasteiger partial charge in [0, 0.05) is 30.0 Å². The van der Waals surface area contributed by atoms with Crippen LogP contribution in [0.25, 0.3) is 21.9 Å². The highest BCUT2D eigenvalue weighted by Gasteiger charge is 2.09. The van der Waals surface area contributed by atoms with Crippen LogP contribution >= 0.6 is 0 Å². The zero-order valence-electron chi connectivity index (χ0n) is 16.4. The molecule has 144 valence electrons. The highest BCUT2D eigenvalue weighted by Crippen LogP contribution is 2.30. The molecule has 1 heterocycles. The van der Waals surface area contributed by atoms with E-state index in [1.165, 1.54) is 5.56 Å². The Labute approximate surface area is 170 Å². The third-order valence-electron chi connectivity index (χ3n) is 5.05. The van der Waals surface area contributed by atoms with Gasteiger partial charge in [0.15, 0.2) is 0 Å². The Morgan fingerprint density at radius 3 is 2.45 bits per heavy atom. The molecule has 4 rings (SSSR count). The van der Waals surface area contributed by atoms with Crippen LogP contribution in [0, 0.1) is 0 Å². The summed E-state index contributed by atoms with van der Waals surface area (Å²) in [7, 11) is 0. The summed E-state index contributed by atoms with van der Waals surface area (Å²) in [4.78, 5) is 16.6. The van der Waals surface area contributed by atoms with Gasteiger partial charge in [-0.25, -0.2) is 4.79 Å². The van der Waals surface area contributed by atoms with Gasteiger partial charge in [0.2, 0.25) is 0 Å². The Bertz CT molecular complexity index is 1120. The second kappa shape index (κ2) is 8.57. The van der Waals surface area contributed by atoms with Crippen LogP contribution in [0.4, 0.5) is 10.5 Å². The molecule has 0 radical (unpaired) electrons. The first-order valence-electron chi connectivity index (χ1n) is 9.79. The molecule has 0 fully saturated rings. The van der Waals surface area contributed by atoms with E-state index in [0.717, 1.165) is 39.6 Å². The molecule has 4 heteroatoms. The number of amides is 2. The van der Waals surface area contributed by atoms with Gasteiger partial charge in [0.25, 0.3) is 0 Å². The van der Waals surface area contributed by atoms with Crippen molar-refractivity contribution in [3.05, 3.63) is 96.3 Å². The van der Waals surface area contributed by atoms with Crippen molar-refractivity contribution in [2.75, 3.05) is 5.32 Å². The molecule has 0 saturated carbocycles. The molecule has 0 saturated heterocycles. The molecule has 4 nitrogen and oxygen atoms in total.